The smallest absolute Gasteiger partial charge is 0.179 e. The second-order valence-corrected chi connectivity index (χ2v) is 3.83. The molecule has 0 spiro atoms. The van der Waals surface area contributed by atoms with Crippen molar-refractivity contribution in [3.8, 4) is 0 Å². The standard InChI is InChI=1S/C12H10N4O/c1-7(17)9-4-2-8-3-5-10-12(14-6-13-10)11(8)16-15-9/h2-6,16H,1H3,(H,13,14). The van der Waals surface area contributed by atoms with Crippen LogP contribution >= 0.6 is 0 Å². The number of nitrogens with one attached hydrogen (secondary N) is 2. The number of imidazole rings is 1. The molecule has 0 radical (unpaired) electrons. The van der Waals surface area contributed by atoms with Crippen molar-refractivity contribution in [3.05, 3.63) is 30.1 Å². The number of anilines is 1. The van der Waals surface area contributed by atoms with E-state index in [-0.39, 0.29) is 5.78 Å². The molecule has 0 saturated heterocycles. The number of ketones is 1. The van der Waals surface area contributed by atoms with Crippen LogP contribution in [0.4, 0.5) is 5.69 Å². The maximum Gasteiger partial charge on any atom is 0.179 e. The highest BCUT2D eigenvalue weighted by atomic mass is 16.1. The van der Waals surface area contributed by atoms with Gasteiger partial charge in [0.25, 0.3) is 0 Å². The summed E-state index contributed by atoms with van der Waals surface area (Å²) < 4.78 is 0. The first-order valence-electron chi connectivity index (χ1n) is 5.24. The van der Waals surface area contributed by atoms with E-state index in [2.05, 4.69) is 20.5 Å². The first-order chi connectivity index (χ1) is 8.25. The van der Waals surface area contributed by atoms with Gasteiger partial charge >= 0.3 is 0 Å². The molecule has 0 atom stereocenters. The number of carbonyl (C=O) groups is 1. The van der Waals surface area contributed by atoms with Gasteiger partial charge in [0.2, 0.25) is 0 Å². The van der Waals surface area contributed by atoms with E-state index in [1.54, 1.807) is 12.4 Å². The number of carbonyl (C=O) groups excluding carboxylic acids is 1. The van der Waals surface area contributed by atoms with Gasteiger partial charge in [-0.1, -0.05) is 12.1 Å². The van der Waals surface area contributed by atoms with Gasteiger partial charge in [-0.25, -0.2) is 4.98 Å². The third kappa shape index (κ3) is 1.52. The molecule has 0 aliphatic carbocycles. The lowest BCUT2D eigenvalue weighted by atomic mass is 10.1. The van der Waals surface area contributed by atoms with Crippen LogP contribution in [0.2, 0.25) is 0 Å². The summed E-state index contributed by atoms with van der Waals surface area (Å²) in [4.78, 5) is 18.5. The minimum absolute atomic E-state index is 0.0696. The monoisotopic (exact) mass is 226 g/mol. The molecule has 17 heavy (non-hydrogen) atoms. The number of hydrazone groups is 1. The van der Waals surface area contributed by atoms with Gasteiger partial charge in [0, 0.05) is 12.5 Å². The molecule has 0 amide bonds. The van der Waals surface area contributed by atoms with Gasteiger partial charge in [-0.2, -0.15) is 5.10 Å². The molecule has 5 heteroatoms. The fourth-order valence-electron chi connectivity index (χ4n) is 1.80. The molecular formula is C12H10N4O. The Balaban J connectivity index is 2.19. The van der Waals surface area contributed by atoms with Crippen LogP contribution in [0.15, 0.2) is 29.6 Å². The Bertz CT molecular complexity index is 666. The van der Waals surface area contributed by atoms with E-state index in [4.69, 9.17) is 0 Å². The van der Waals surface area contributed by atoms with Gasteiger partial charge in [-0.05, 0) is 12.1 Å². The number of nitrogens with zero attached hydrogens (tertiary/aromatic N) is 2. The molecule has 84 valence electrons. The predicted molar refractivity (Wildman–Crippen MR) is 66.9 cm³/mol. The van der Waals surface area contributed by atoms with Crippen LogP contribution in [-0.4, -0.2) is 21.5 Å². The van der Waals surface area contributed by atoms with Gasteiger partial charge in [-0.3, -0.25) is 10.2 Å². The second-order valence-electron chi connectivity index (χ2n) is 3.83. The highest BCUT2D eigenvalue weighted by molar-refractivity contribution is 6.44. The van der Waals surface area contributed by atoms with Crippen molar-refractivity contribution in [1.82, 2.24) is 9.97 Å². The molecule has 1 aliphatic rings. The van der Waals surface area contributed by atoms with Gasteiger partial charge < -0.3 is 4.98 Å². The number of benzene rings is 1. The number of hydrogen-bond donors (Lipinski definition) is 2. The second kappa shape index (κ2) is 3.55. The number of Topliss-reactive ketones (excluding diaryl/α,β-unsaturated/α-hetero) is 1. The maximum atomic E-state index is 11.3. The number of aromatic nitrogens is 2. The molecule has 3 rings (SSSR count). The van der Waals surface area contributed by atoms with E-state index in [1.165, 1.54) is 6.92 Å². The number of fused-ring (bicyclic) bond motifs is 3. The Labute approximate surface area is 97.2 Å². The fraction of sp³-hybridized carbons (Fsp3) is 0.0833. The van der Waals surface area contributed by atoms with Crippen molar-refractivity contribution in [2.24, 2.45) is 5.10 Å². The minimum Gasteiger partial charge on any atom is -0.345 e. The molecule has 0 unspecified atom stereocenters. The number of rotatable bonds is 1. The largest absolute Gasteiger partial charge is 0.345 e. The Morgan fingerprint density at radius 1 is 1.29 bits per heavy atom. The highest BCUT2D eigenvalue weighted by Crippen LogP contribution is 2.27. The van der Waals surface area contributed by atoms with Gasteiger partial charge in [0.15, 0.2) is 5.78 Å². The number of H-pyrrole nitrogens is 1. The molecule has 5 nitrogen and oxygen atoms in total. The van der Waals surface area contributed by atoms with E-state index in [1.807, 2.05) is 18.2 Å². The Morgan fingerprint density at radius 3 is 3.00 bits per heavy atom. The molecule has 2 heterocycles. The molecule has 0 saturated carbocycles. The van der Waals surface area contributed by atoms with Crippen molar-refractivity contribution in [2.75, 3.05) is 5.43 Å². The van der Waals surface area contributed by atoms with Gasteiger partial charge in [0.1, 0.15) is 11.2 Å². The number of hydrogen-bond acceptors (Lipinski definition) is 4. The number of aromatic amines is 1. The average Bonchev–Trinajstić information content (AvgIpc) is 2.67. The van der Waals surface area contributed by atoms with Crippen molar-refractivity contribution in [2.45, 2.75) is 6.92 Å². The van der Waals surface area contributed by atoms with E-state index in [0.717, 1.165) is 22.3 Å². The lowest BCUT2D eigenvalue weighted by Gasteiger charge is -2.04. The van der Waals surface area contributed by atoms with Crippen LogP contribution in [0.5, 0.6) is 0 Å². The first-order valence-corrected chi connectivity index (χ1v) is 5.24. The van der Waals surface area contributed by atoms with Crippen molar-refractivity contribution < 1.29 is 4.79 Å². The topological polar surface area (TPSA) is 70.1 Å². The quantitative estimate of drug-likeness (QED) is 0.780. The van der Waals surface area contributed by atoms with Crippen LogP contribution < -0.4 is 5.43 Å². The summed E-state index contributed by atoms with van der Waals surface area (Å²) in [6, 6.07) is 3.91. The molecule has 2 N–H and O–H groups in total. The highest BCUT2D eigenvalue weighted by Gasteiger charge is 2.12. The van der Waals surface area contributed by atoms with Crippen LogP contribution in [0.3, 0.4) is 0 Å². The van der Waals surface area contributed by atoms with Crippen molar-refractivity contribution in [3.63, 3.8) is 0 Å². The lowest BCUT2D eigenvalue weighted by molar-refractivity contribution is -0.111. The fourth-order valence-corrected chi connectivity index (χ4v) is 1.80. The first kappa shape index (κ1) is 9.77. The third-order valence-electron chi connectivity index (χ3n) is 2.69. The Morgan fingerprint density at radius 2 is 2.18 bits per heavy atom. The van der Waals surface area contributed by atoms with E-state index in [0.29, 0.717) is 5.71 Å². The molecule has 1 aromatic heterocycles. The number of allylic oxidation sites excluding steroid dienone is 1. The zero-order valence-electron chi connectivity index (χ0n) is 9.19. The Hall–Kier alpha value is -2.43. The van der Waals surface area contributed by atoms with Gasteiger partial charge in [0.05, 0.1) is 17.5 Å². The minimum atomic E-state index is -0.0696. The van der Waals surface area contributed by atoms with Crippen LogP contribution in [0.25, 0.3) is 17.1 Å². The van der Waals surface area contributed by atoms with E-state index < -0.39 is 0 Å². The van der Waals surface area contributed by atoms with Crippen LogP contribution in [0, 0.1) is 0 Å². The normalized spacial score (nSPS) is 13.8. The Kier molecular flexibility index (Phi) is 2.04. The lowest BCUT2D eigenvalue weighted by Crippen LogP contribution is -2.07. The van der Waals surface area contributed by atoms with E-state index in [9.17, 15) is 4.79 Å². The average molecular weight is 226 g/mol. The zero-order chi connectivity index (χ0) is 11.8. The SMILES string of the molecule is CC(=O)C1=NNc2c(ccc3[nH]cnc23)C=C1. The summed E-state index contributed by atoms with van der Waals surface area (Å²) in [6.07, 6.45) is 5.21. The summed E-state index contributed by atoms with van der Waals surface area (Å²) in [5.74, 6) is -0.0696. The summed E-state index contributed by atoms with van der Waals surface area (Å²) in [6.45, 7) is 1.49. The zero-order valence-corrected chi connectivity index (χ0v) is 9.19. The summed E-state index contributed by atoms with van der Waals surface area (Å²) in [5.41, 5.74) is 6.85. The van der Waals surface area contributed by atoms with E-state index >= 15 is 0 Å². The summed E-state index contributed by atoms with van der Waals surface area (Å²) in [7, 11) is 0. The summed E-state index contributed by atoms with van der Waals surface area (Å²) >= 11 is 0. The third-order valence-corrected chi connectivity index (χ3v) is 2.69. The molecular weight excluding hydrogens is 216 g/mol. The molecule has 2 aromatic rings. The molecule has 1 aliphatic heterocycles. The van der Waals surface area contributed by atoms with Crippen molar-refractivity contribution in [1.29, 1.82) is 0 Å². The van der Waals surface area contributed by atoms with Crippen LogP contribution in [-0.2, 0) is 4.79 Å². The molecule has 0 fully saturated rings. The summed E-state index contributed by atoms with van der Waals surface area (Å²) in [5, 5.41) is 4.07. The van der Waals surface area contributed by atoms with Crippen LogP contribution in [0.1, 0.15) is 12.5 Å². The van der Waals surface area contributed by atoms with Gasteiger partial charge in [-0.15, -0.1) is 0 Å². The van der Waals surface area contributed by atoms with Crippen molar-refractivity contribution >= 4 is 34.3 Å². The maximum absolute atomic E-state index is 11.3. The predicted octanol–water partition coefficient (Wildman–Crippen LogP) is 1.95. The molecule has 1 aromatic carbocycles. The molecule has 0 bridgehead atoms.